The largest absolute Gasteiger partial charge is 0.341 e. The quantitative estimate of drug-likeness (QED) is 0.803. The Morgan fingerprint density at radius 3 is 2.65 bits per heavy atom. The molecule has 1 aliphatic rings. The van der Waals surface area contributed by atoms with Gasteiger partial charge in [0, 0.05) is 18.0 Å². The minimum atomic E-state index is -0.632. The van der Waals surface area contributed by atoms with Crippen LogP contribution >= 0.6 is 11.8 Å². The van der Waals surface area contributed by atoms with Crippen LogP contribution in [0.4, 0.5) is 8.78 Å². The molecule has 2 unspecified atom stereocenters. The predicted molar refractivity (Wildman–Crippen MR) is 99.8 cm³/mol. The normalized spacial score (nSPS) is 21.0. The van der Waals surface area contributed by atoms with Crippen LogP contribution in [0.2, 0.25) is 0 Å². The first-order valence-corrected chi connectivity index (χ1v) is 9.45. The monoisotopic (exact) mass is 376 g/mol. The Morgan fingerprint density at radius 1 is 1.27 bits per heavy atom. The van der Waals surface area contributed by atoms with Gasteiger partial charge in [0.15, 0.2) is 0 Å². The topological polar surface area (TPSA) is 46.3 Å². The zero-order valence-electron chi connectivity index (χ0n) is 14.6. The van der Waals surface area contributed by atoms with E-state index in [0.29, 0.717) is 19.6 Å². The number of carbonyl (C=O) groups excluding carboxylic acids is 1. The summed E-state index contributed by atoms with van der Waals surface area (Å²) in [6, 6.07) is 12.5. The van der Waals surface area contributed by atoms with E-state index in [0.717, 1.165) is 41.9 Å². The fourth-order valence-corrected chi connectivity index (χ4v) is 4.29. The summed E-state index contributed by atoms with van der Waals surface area (Å²) in [6.07, 6.45) is 0.843. The van der Waals surface area contributed by atoms with E-state index in [1.54, 1.807) is 4.90 Å². The van der Waals surface area contributed by atoms with E-state index in [1.165, 1.54) is 0 Å². The Labute approximate surface area is 156 Å². The van der Waals surface area contributed by atoms with Crippen molar-refractivity contribution in [3.05, 3.63) is 65.7 Å². The standard InChI is InChI=1S/C20H22F2N2OS/c1-20(12-23)9-10-24(13-20)19(25)18(14-5-3-2-4-6-14)26-17-11-15(21)7-8-16(17)22/h2-8,11,18H,9-10,12-13,23H2,1H3. The van der Waals surface area contributed by atoms with E-state index < -0.39 is 16.9 Å². The number of rotatable bonds is 5. The molecule has 1 aliphatic heterocycles. The Kier molecular flexibility index (Phi) is 5.63. The molecule has 0 bridgehead atoms. The summed E-state index contributed by atoms with van der Waals surface area (Å²) in [5.41, 5.74) is 6.52. The van der Waals surface area contributed by atoms with Crippen LogP contribution in [-0.4, -0.2) is 30.4 Å². The molecule has 1 heterocycles. The molecule has 3 nitrogen and oxygen atoms in total. The summed E-state index contributed by atoms with van der Waals surface area (Å²) in [5, 5.41) is -0.632. The summed E-state index contributed by atoms with van der Waals surface area (Å²) < 4.78 is 27.7. The summed E-state index contributed by atoms with van der Waals surface area (Å²) >= 11 is 1.05. The van der Waals surface area contributed by atoms with Gasteiger partial charge in [-0.1, -0.05) is 37.3 Å². The second kappa shape index (κ2) is 7.76. The second-order valence-corrected chi connectivity index (χ2v) is 8.15. The smallest absolute Gasteiger partial charge is 0.240 e. The summed E-state index contributed by atoms with van der Waals surface area (Å²) in [4.78, 5) is 15.1. The van der Waals surface area contributed by atoms with Crippen molar-refractivity contribution < 1.29 is 13.6 Å². The molecule has 2 aromatic rings. The fraction of sp³-hybridized carbons (Fsp3) is 0.350. The first kappa shape index (κ1) is 18.9. The zero-order valence-corrected chi connectivity index (χ0v) is 15.4. The van der Waals surface area contributed by atoms with E-state index in [-0.39, 0.29) is 16.2 Å². The Hall–Kier alpha value is -1.92. The molecule has 6 heteroatoms. The lowest BCUT2D eigenvalue weighted by Gasteiger charge is -2.26. The molecule has 2 N–H and O–H groups in total. The molecule has 1 fully saturated rings. The molecule has 2 aromatic carbocycles. The summed E-state index contributed by atoms with van der Waals surface area (Å²) in [7, 11) is 0. The second-order valence-electron chi connectivity index (χ2n) is 7.01. The number of benzene rings is 2. The van der Waals surface area contributed by atoms with Gasteiger partial charge in [-0.05, 0) is 42.1 Å². The van der Waals surface area contributed by atoms with Crippen molar-refractivity contribution in [3.63, 3.8) is 0 Å². The lowest BCUT2D eigenvalue weighted by molar-refractivity contribution is -0.130. The van der Waals surface area contributed by atoms with Gasteiger partial charge in [-0.25, -0.2) is 8.78 Å². The molecule has 138 valence electrons. The SMILES string of the molecule is CC1(CN)CCN(C(=O)C(Sc2cc(F)ccc2F)c2ccccc2)C1. The number of likely N-dealkylation sites (tertiary alicyclic amines) is 1. The Bertz CT molecular complexity index is 787. The number of hydrogen-bond acceptors (Lipinski definition) is 3. The maximum Gasteiger partial charge on any atom is 0.240 e. The van der Waals surface area contributed by atoms with Crippen LogP contribution in [0.3, 0.4) is 0 Å². The lowest BCUT2D eigenvalue weighted by Crippen LogP contribution is -2.36. The average molecular weight is 376 g/mol. The van der Waals surface area contributed by atoms with Crippen molar-refractivity contribution in [2.75, 3.05) is 19.6 Å². The van der Waals surface area contributed by atoms with Gasteiger partial charge in [0.1, 0.15) is 16.9 Å². The average Bonchev–Trinajstić information content (AvgIpc) is 3.05. The predicted octanol–water partition coefficient (Wildman–Crippen LogP) is 4.00. The van der Waals surface area contributed by atoms with Crippen molar-refractivity contribution in [2.24, 2.45) is 11.1 Å². The van der Waals surface area contributed by atoms with Crippen LogP contribution in [0.1, 0.15) is 24.2 Å². The first-order chi connectivity index (χ1) is 12.4. The number of thioether (sulfide) groups is 1. The highest BCUT2D eigenvalue weighted by atomic mass is 32.2. The number of amides is 1. The van der Waals surface area contributed by atoms with E-state index in [2.05, 4.69) is 6.92 Å². The molecular formula is C20H22F2N2OS. The van der Waals surface area contributed by atoms with Gasteiger partial charge in [-0.2, -0.15) is 0 Å². The fourth-order valence-electron chi connectivity index (χ4n) is 3.13. The number of nitrogens with two attached hydrogens (primary N) is 1. The van der Waals surface area contributed by atoms with Gasteiger partial charge < -0.3 is 10.6 Å². The molecule has 0 aliphatic carbocycles. The van der Waals surface area contributed by atoms with E-state index in [9.17, 15) is 13.6 Å². The number of halogens is 2. The van der Waals surface area contributed by atoms with Gasteiger partial charge in [-0.3, -0.25) is 4.79 Å². The highest BCUT2D eigenvalue weighted by Gasteiger charge is 2.38. The summed E-state index contributed by atoms with van der Waals surface area (Å²) in [5.74, 6) is -1.15. The van der Waals surface area contributed by atoms with Gasteiger partial charge in [-0.15, -0.1) is 11.8 Å². The Balaban J connectivity index is 1.89. The third-order valence-electron chi connectivity index (χ3n) is 4.83. The van der Waals surface area contributed by atoms with Crippen LogP contribution in [0.5, 0.6) is 0 Å². The van der Waals surface area contributed by atoms with Crippen LogP contribution in [0, 0.1) is 17.0 Å². The van der Waals surface area contributed by atoms with E-state index >= 15 is 0 Å². The van der Waals surface area contributed by atoms with Gasteiger partial charge in [0.2, 0.25) is 5.91 Å². The van der Waals surface area contributed by atoms with Crippen molar-refractivity contribution in [1.82, 2.24) is 4.90 Å². The van der Waals surface area contributed by atoms with Crippen LogP contribution in [0.25, 0.3) is 0 Å². The Morgan fingerprint density at radius 2 is 2.00 bits per heavy atom. The lowest BCUT2D eigenvalue weighted by atomic mass is 9.90. The van der Waals surface area contributed by atoms with Crippen molar-refractivity contribution in [2.45, 2.75) is 23.5 Å². The molecule has 26 heavy (non-hydrogen) atoms. The molecule has 3 rings (SSSR count). The maximum atomic E-state index is 14.1. The molecule has 0 saturated carbocycles. The van der Waals surface area contributed by atoms with Gasteiger partial charge >= 0.3 is 0 Å². The first-order valence-electron chi connectivity index (χ1n) is 8.57. The number of carbonyl (C=O) groups is 1. The number of nitrogens with zero attached hydrogens (tertiary/aromatic N) is 1. The highest BCUT2D eigenvalue weighted by molar-refractivity contribution is 8.00. The highest BCUT2D eigenvalue weighted by Crippen LogP contribution is 2.40. The maximum absolute atomic E-state index is 14.1. The zero-order chi connectivity index (χ0) is 18.7. The molecule has 2 atom stereocenters. The molecule has 0 radical (unpaired) electrons. The third-order valence-corrected chi connectivity index (χ3v) is 6.10. The minimum Gasteiger partial charge on any atom is -0.341 e. The third kappa shape index (κ3) is 4.07. The molecule has 1 saturated heterocycles. The van der Waals surface area contributed by atoms with E-state index in [1.807, 2.05) is 30.3 Å². The van der Waals surface area contributed by atoms with Crippen LogP contribution < -0.4 is 5.73 Å². The number of hydrogen-bond donors (Lipinski definition) is 1. The summed E-state index contributed by atoms with van der Waals surface area (Å²) in [6.45, 7) is 3.79. The molecule has 0 aromatic heterocycles. The van der Waals surface area contributed by atoms with Crippen molar-refractivity contribution in [1.29, 1.82) is 0 Å². The van der Waals surface area contributed by atoms with Crippen molar-refractivity contribution in [3.8, 4) is 0 Å². The van der Waals surface area contributed by atoms with E-state index in [4.69, 9.17) is 5.73 Å². The van der Waals surface area contributed by atoms with Gasteiger partial charge in [0.05, 0.1) is 0 Å². The van der Waals surface area contributed by atoms with Crippen LogP contribution in [-0.2, 0) is 4.79 Å². The molecular weight excluding hydrogens is 354 g/mol. The van der Waals surface area contributed by atoms with Crippen molar-refractivity contribution >= 4 is 17.7 Å². The van der Waals surface area contributed by atoms with Gasteiger partial charge in [0.25, 0.3) is 0 Å². The minimum absolute atomic E-state index is 0.0916. The molecule has 1 amide bonds. The van der Waals surface area contributed by atoms with Crippen LogP contribution in [0.15, 0.2) is 53.4 Å². The molecule has 0 spiro atoms.